The number of nitrogens with zero attached hydrogens (tertiary/aromatic N) is 3. The molecule has 1 aliphatic rings. The van der Waals surface area contributed by atoms with Crippen molar-refractivity contribution in [3.05, 3.63) is 59.0 Å². The molecule has 29 heavy (non-hydrogen) atoms. The molecule has 0 radical (unpaired) electrons. The second-order valence-electron chi connectivity index (χ2n) is 7.31. The Bertz CT molecular complexity index is 655. The molecule has 0 N–H and O–H groups in total. The molecule has 0 aromatic carbocycles. The minimum atomic E-state index is -0.688. The third-order valence-corrected chi connectivity index (χ3v) is 10.3. The van der Waals surface area contributed by atoms with Gasteiger partial charge in [-0.15, -0.1) is 0 Å². The predicted octanol–water partition coefficient (Wildman–Crippen LogP) is 7.64. The molecule has 3 nitrogen and oxygen atoms in total. The zero-order valence-corrected chi connectivity index (χ0v) is 21.3. The number of rotatable bonds is 13. The van der Waals surface area contributed by atoms with E-state index in [-0.39, 0.29) is 0 Å². The van der Waals surface area contributed by atoms with Gasteiger partial charge in [0, 0.05) is 13.1 Å². The van der Waals surface area contributed by atoms with Crippen molar-refractivity contribution in [2.45, 2.75) is 59.3 Å². The zero-order valence-electron chi connectivity index (χ0n) is 19.5. The topological polar surface area (TPSA) is 9.72 Å². The molecule has 2 unspecified atom stereocenters. The van der Waals surface area contributed by atoms with E-state index in [2.05, 4.69) is 85.0 Å². The lowest BCUT2D eigenvalue weighted by molar-refractivity contribution is 0.485. The first-order valence-corrected chi connectivity index (χ1v) is 13.4. The first-order chi connectivity index (χ1) is 14.0. The van der Waals surface area contributed by atoms with Crippen molar-refractivity contribution in [3.8, 4) is 0 Å². The van der Waals surface area contributed by atoms with Gasteiger partial charge >= 0.3 is 0 Å². The minimum Gasteiger partial charge on any atom is -0.269 e. The molecule has 0 fully saturated rings. The highest BCUT2D eigenvalue weighted by atomic mass is 31.2. The molecule has 162 valence electrons. The van der Waals surface area contributed by atoms with E-state index in [9.17, 15) is 0 Å². The van der Waals surface area contributed by atoms with Crippen molar-refractivity contribution in [1.29, 1.82) is 0 Å². The van der Waals surface area contributed by atoms with Crippen LogP contribution in [0.1, 0.15) is 59.3 Å². The summed E-state index contributed by atoms with van der Waals surface area (Å²) in [6, 6.07) is 0. The summed E-state index contributed by atoms with van der Waals surface area (Å²) < 4.78 is 7.73. The zero-order chi connectivity index (χ0) is 21.6. The van der Waals surface area contributed by atoms with Gasteiger partial charge in [0.15, 0.2) is 0 Å². The van der Waals surface area contributed by atoms with Crippen molar-refractivity contribution in [1.82, 2.24) is 13.8 Å². The quantitative estimate of drug-likeness (QED) is 0.168. The van der Waals surface area contributed by atoms with Crippen molar-refractivity contribution in [2.75, 3.05) is 34.2 Å². The van der Waals surface area contributed by atoms with Gasteiger partial charge in [-0.3, -0.25) is 9.34 Å². The van der Waals surface area contributed by atoms with Crippen LogP contribution in [0.3, 0.4) is 0 Å². The average molecular weight is 434 g/mol. The Hall–Kier alpha value is -0.740. The minimum absolute atomic E-state index is 0.536. The molecule has 0 aromatic rings. The van der Waals surface area contributed by atoms with Crippen LogP contribution in [0.4, 0.5) is 0 Å². The molecule has 1 aliphatic carbocycles. The molecule has 0 bridgehead atoms. The SMILES string of the molecule is C=CC(=C=C=CC)P(N(C)CCCC)N(C)P(C1=CC=CCC1)N(C)CCCC. The van der Waals surface area contributed by atoms with E-state index in [1.165, 1.54) is 25.7 Å². The standard InChI is InChI=1S/C24H41N3P2/c1-8-12-18-23(11-4)28(25(5)21-13-9-2)27(7)29(26(6)22-14-10-3)24-19-16-15-17-20-24/h8,11,15-16,19H,4,9-10,13-14,17,20-22H2,1-3,5-7H3. The first-order valence-electron chi connectivity index (χ1n) is 10.9. The second kappa shape index (κ2) is 15.1. The largest absolute Gasteiger partial charge is 0.269 e. The molecule has 0 amide bonds. The van der Waals surface area contributed by atoms with Gasteiger partial charge in [0.05, 0.1) is 21.8 Å². The maximum Gasteiger partial charge on any atom is 0.0857 e. The summed E-state index contributed by atoms with van der Waals surface area (Å²) in [5.74, 6) is 0. The maximum atomic E-state index is 4.12. The monoisotopic (exact) mass is 433 g/mol. The number of unbranched alkanes of at least 4 members (excludes halogenated alkanes) is 2. The van der Waals surface area contributed by atoms with Crippen LogP contribution in [-0.2, 0) is 0 Å². The van der Waals surface area contributed by atoms with Crippen LogP contribution in [-0.4, -0.2) is 48.0 Å². The molecular weight excluding hydrogens is 392 g/mol. The number of hydrogen-bond donors (Lipinski definition) is 0. The highest BCUT2D eigenvalue weighted by molar-refractivity contribution is 7.72. The van der Waals surface area contributed by atoms with Gasteiger partial charge < -0.3 is 0 Å². The second-order valence-corrected chi connectivity index (χ2v) is 12.4. The fourth-order valence-electron chi connectivity index (χ4n) is 3.32. The van der Waals surface area contributed by atoms with Gasteiger partial charge in [0.25, 0.3) is 0 Å². The van der Waals surface area contributed by atoms with Crippen molar-refractivity contribution >= 4 is 16.4 Å². The summed E-state index contributed by atoms with van der Waals surface area (Å²) in [6.45, 7) is 12.9. The van der Waals surface area contributed by atoms with Crippen LogP contribution >= 0.6 is 16.4 Å². The van der Waals surface area contributed by atoms with E-state index in [0.29, 0.717) is 0 Å². The molecular formula is C24H41N3P2. The van der Waals surface area contributed by atoms with Crippen molar-refractivity contribution < 1.29 is 0 Å². The highest BCUT2D eigenvalue weighted by Gasteiger charge is 2.33. The van der Waals surface area contributed by atoms with Crippen molar-refractivity contribution in [3.63, 3.8) is 0 Å². The molecule has 2 atom stereocenters. The lowest BCUT2D eigenvalue weighted by Crippen LogP contribution is -2.28. The van der Waals surface area contributed by atoms with E-state index in [1.54, 1.807) is 5.31 Å². The van der Waals surface area contributed by atoms with Crippen molar-refractivity contribution in [2.24, 2.45) is 0 Å². The Kier molecular flexibility index (Phi) is 13.7. The van der Waals surface area contributed by atoms with E-state index < -0.39 is 16.4 Å². The van der Waals surface area contributed by atoms with Gasteiger partial charge in [-0.05, 0) is 65.1 Å². The van der Waals surface area contributed by atoms with E-state index >= 15 is 0 Å². The Morgan fingerprint density at radius 2 is 1.79 bits per heavy atom. The smallest absolute Gasteiger partial charge is 0.0857 e. The average Bonchev–Trinajstić information content (AvgIpc) is 2.74. The van der Waals surface area contributed by atoms with Crippen LogP contribution in [0.5, 0.6) is 0 Å². The summed E-state index contributed by atoms with van der Waals surface area (Å²) in [6.07, 6.45) is 17.9. The summed E-state index contributed by atoms with van der Waals surface area (Å²) in [4.78, 5) is 0. The normalized spacial score (nSPS) is 15.7. The summed E-state index contributed by atoms with van der Waals surface area (Å²) in [5.41, 5.74) is 6.57. The van der Waals surface area contributed by atoms with E-state index in [1.807, 2.05) is 19.1 Å². The van der Waals surface area contributed by atoms with Gasteiger partial charge in [0.1, 0.15) is 0 Å². The number of allylic oxidation sites excluding steroid dienone is 7. The molecule has 1 rings (SSSR count). The predicted molar refractivity (Wildman–Crippen MR) is 134 cm³/mol. The van der Waals surface area contributed by atoms with Gasteiger partial charge in [-0.2, -0.15) is 0 Å². The molecule has 0 saturated carbocycles. The van der Waals surface area contributed by atoms with Crippen LogP contribution in [0, 0.1) is 0 Å². The Morgan fingerprint density at radius 1 is 1.14 bits per heavy atom. The third kappa shape index (κ3) is 8.49. The molecule has 0 aliphatic heterocycles. The summed E-state index contributed by atoms with van der Waals surface area (Å²) >= 11 is 0. The number of hydrogen-bond acceptors (Lipinski definition) is 3. The Labute approximate surface area is 182 Å². The van der Waals surface area contributed by atoms with E-state index in [0.717, 1.165) is 31.2 Å². The van der Waals surface area contributed by atoms with Crippen LogP contribution < -0.4 is 0 Å². The molecule has 0 spiro atoms. The molecule has 0 heterocycles. The first kappa shape index (κ1) is 26.3. The van der Waals surface area contributed by atoms with Gasteiger partial charge in [0.2, 0.25) is 0 Å². The Morgan fingerprint density at radius 3 is 2.31 bits per heavy atom. The van der Waals surface area contributed by atoms with Crippen LogP contribution in [0.25, 0.3) is 0 Å². The Balaban J connectivity index is 3.38. The lowest BCUT2D eigenvalue weighted by Gasteiger charge is -2.44. The molecule has 0 saturated heterocycles. The molecule has 5 heteroatoms. The summed E-state index contributed by atoms with van der Waals surface area (Å²) in [7, 11) is 5.64. The fraction of sp³-hybridized carbons (Fsp3) is 0.583. The maximum absolute atomic E-state index is 4.12. The van der Waals surface area contributed by atoms with Gasteiger partial charge in [-0.25, -0.2) is 4.44 Å². The summed E-state index contributed by atoms with van der Waals surface area (Å²) in [5, 5.41) is 2.72. The fourth-order valence-corrected chi connectivity index (χ4v) is 9.32. The van der Waals surface area contributed by atoms with E-state index in [4.69, 9.17) is 0 Å². The van der Waals surface area contributed by atoms with Crippen LogP contribution in [0.15, 0.2) is 59.0 Å². The van der Waals surface area contributed by atoms with Gasteiger partial charge in [-0.1, -0.05) is 69.0 Å². The third-order valence-electron chi connectivity index (χ3n) is 4.87. The van der Waals surface area contributed by atoms with Crippen LogP contribution in [0.2, 0.25) is 0 Å². The molecule has 0 aromatic heterocycles. The lowest BCUT2D eigenvalue weighted by atomic mass is 10.2. The highest BCUT2D eigenvalue weighted by Crippen LogP contribution is 2.66.